The number of ketones is 1. The molecule has 164 valence electrons. The van der Waals surface area contributed by atoms with Gasteiger partial charge in [0.25, 0.3) is 0 Å². The average Bonchev–Trinajstić information content (AvgIpc) is 2.80. The Morgan fingerprint density at radius 1 is 0.938 bits per heavy atom. The van der Waals surface area contributed by atoms with E-state index in [0.717, 1.165) is 5.56 Å². The van der Waals surface area contributed by atoms with Crippen LogP contribution >= 0.6 is 0 Å². The van der Waals surface area contributed by atoms with Crippen LogP contribution in [-0.2, 0) is 9.59 Å². The highest BCUT2D eigenvalue weighted by molar-refractivity contribution is 6.35. The molecule has 0 saturated carbocycles. The van der Waals surface area contributed by atoms with E-state index in [0.29, 0.717) is 28.6 Å². The summed E-state index contributed by atoms with van der Waals surface area (Å²) < 4.78 is 0. The van der Waals surface area contributed by atoms with E-state index in [4.69, 9.17) is 0 Å². The Morgan fingerprint density at radius 2 is 1.56 bits per heavy atom. The number of benzene rings is 2. The predicted molar refractivity (Wildman–Crippen MR) is 122 cm³/mol. The van der Waals surface area contributed by atoms with Gasteiger partial charge in [-0.3, -0.25) is 9.59 Å². The van der Waals surface area contributed by atoms with Gasteiger partial charge in [0, 0.05) is 5.56 Å². The topological polar surface area (TPSA) is 112 Å². The summed E-state index contributed by atoms with van der Waals surface area (Å²) in [5.41, 5.74) is 2.60. The fraction of sp³-hybridized carbons (Fsp3) is 0.200. The van der Waals surface area contributed by atoms with Crippen molar-refractivity contribution in [2.75, 3.05) is 5.32 Å². The smallest absolute Gasteiger partial charge is 0.227 e. The molecule has 1 heterocycles. The minimum absolute atomic E-state index is 0.0448. The quantitative estimate of drug-likeness (QED) is 0.208. The normalized spacial score (nSPS) is 12.8. The molecule has 1 atom stereocenters. The summed E-state index contributed by atoms with van der Waals surface area (Å²) in [5.74, 6) is -0.488. The van der Waals surface area contributed by atoms with Crippen LogP contribution in [0.3, 0.4) is 0 Å². The van der Waals surface area contributed by atoms with E-state index in [1.807, 2.05) is 12.1 Å². The first-order chi connectivity index (χ1) is 15.3. The van der Waals surface area contributed by atoms with Crippen molar-refractivity contribution in [2.24, 2.45) is 0 Å². The van der Waals surface area contributed by atoms with Crippen molar-refractivity contribution in [3.63, 3.8) is 0 Å². The van der Waals surface area contributed by atoms with E-state index in [1.165, 1.54) is 12.1 Å². The molecule has 0 radical (unpaired) electrons. The lowest BCUT2D eigenvalue weighted by molar-refractivity contribution is -0.127. The van der Waals surface area contributed by atoms with Crippen molar-refractivity contribution in [2.45, 2.75) is 32.7 Å². The molecular formula is C25H25N3O4. The highest BCUT2D eigenvalue weighted by Gasteiger charge is 2.28. The standard InChI is InChI=1S/C25H25N3O4/c1-15(2)17-5-7-19(8-6-17)25(32)23(21(31)14-29)24(18-9-11-20(30)12-10-18)26-22-13-4-16(3)27-28-22/h4-15,24,30,32H,1-3H3,(H,26,28). The second kappa shape index (κ2) is 9.87. The van der Waals surface area contributed by atoms with Crippen LogP contribution in [0.4, 0.5) is 5.82 Å². The molecule has 0 saturated heterocycles. The molecule has 0 spiro atoms. The number of nitrogens with one attached hydrogen (secondary N) is 1. The Hall–Kier alpha value is -4.00. The van der Waals surface area contributed by atoms with E-state index in [9.17, 15) is 19.8 Å². The van der Waals surface area contributed by atoms with E-state index in [2.05, 4.69) is 29.4 Å². The SMILES string of the molecule is Cc1ccc(NC(C(C(=O)C=O)=C(O)c2ccc(C(C)C)cc2)c2ccc(O)cc2)nn1. The number of aliphatic hydroxyl groups excluding tert-OH is 1. The van der Waals surface area contributed by atoms with Gasteiger partial charge in [-0.15, -0.1) is 5.10 Å². The lowest BCUT2D eigenvalue weighted by Gasteiger charge is -2.22. The van der Waals surface area contributed by atoms with Gasteiger partial charge in [0.1, 0.15) is 17.3 Å². The van der Waals surface area contributed by atoms with Gasteiger partial charge in [-0.1, -0.05) is 50.2 Å². The molecule has 0 aliphatic rings. The molecule has 7 nitrogen and oxygen atoms in total. The molecule has 3 aromatic rings. The van der Waals surface area contributed by atoms with Gasteiger partial charge >= 0.3 is 0 Å². The molecule has 3 N–H and O–H groups in total. The molecule has 7 heteroatoms. The average molecular weight is 431 g/mol. The number of aldehydes is 1. The van der Waals surface area contributed by atoms with Gasteiger partial charge in [0.15, 0.2) is 6.29 Å². The van der Waals surface area contributed by atoms with Crippen LogP contribution < -0.4 is 5.32 Å². The summed E-state index contributed by atoms with van der Waals surface area (Å²) >= 11 is 0. The molecule has 2 aromatic carbocycles. The Bertz CT molecular complexity index is 1120. The third-order valence-corrected chi connectivity index (χ3v) is 5.08. The first-order valence-corrected chi connectivity index (χ1v) is 10.2. The lowest BCUT2D eigenvalue weighted by Crippen LogP contribution is -2.22. The highest BCUT2D eigenvalue weighted by Crippen LogP contribution is 2.32. The number of nitrogens with zero attached hydrogens (tertiary/aromatic N) is 2. The Morgan fingerprint density at radius 3 is 2.09 bits per heavy atom. The number of aliphatic hydroxyl groups is 1. The molecule has 0 aliphatic carbocycles. The van der Waals surface area contributed by atoms with Crippen LogP contribution in [0, 0.1) is 6.92 Å². The van der Waals surface area contributed by atoms with Crippen LogP contribution in [0.15, 0.2) is 66.2 Å². The van der Waals surface area contributed by atoms with Crippen molar-refractivity contribution >= 4 is 23.6 Å². The fourth-order valence-corrected chi connectivity index (χ4v) is 3.25. The van der Waals surface area contributed by atoms with Gasteiger partial charge in [0.2, 0.25) is 5.78 Å². The molecule has 0 bridgehead atoms. The molecule has 0 aliphatic heterocycles. The Labute approximate surface area is 186 Å². The first kappa shape index (κ1) is 22.7. The summed E-state index contributed by atoms with van der Waals surface area (Å²) in [7, 11) is 0. The van der Waals surface area contributed by atoms with Crippen molar-refractivity contribution in [1.29, 1.82) is 0 Å². The van der Waals surface area contributed by atoms with Gasteiger partial charge in [-0.25, -0.2) is 0 Å². The third kappa shape index (κ3) is 5.18. The zero-order valence-corrected chi connectivity index (χ0v) is 18.1. The Balaban J connectivity index is 2.15. The number of aromatic nitrogens is 2. The predicted octanol–water partition coefficient (Wildman–Crippen LogP) is 4.50. The van der Waals surface area contributed by atoms with E-state index < -0.39 is 11.8 Å². The third-order valence-electron chi connectivity index (χ3n) is 5.08. The number of rotatable bonds is 8. The zero-order chi connectivity index (χ0) is 23.3. The number of phenolic OH excluding ortho intramolecular Hbond substituents is 1. The number of hydrogen-bond donors (Lipinski definition) is 3. The van der Waals surface area contributed by atoms with Crippen molar-refractivity contribution in [3.05, 3.63) is 88.6 Å². The molecule has 0 amide bonds. The summed E-state index contributed by atoms with van der Waals surface area (Å²) in [5, 5.41) is 31.9. The summed E-state index contributed by atoms with van der Waals surface area (Å²) in [6.07, 6.45) is 0.171. The maximum atomic E-state index is 12.7. The maximum absolute atomic E-state index is 12.7. The van der Waals surface area contributed by atoms with Crippen LogP contribution in [0.2, 0.25) is 0 Å². The van der Waals surface area contributed by atoms with Crippen LogP contribution in [0.25, 0.3) is 5.76 Å². The van der Waals surface area contributed by atoms with Gasteiger partial charge in [-0.05, 0) is 48.2 Å². The minimum Gasteiger partial charge on any atom is -0.508 e. The second-order valence-electron chi connectivity index (χ2n) is 7.75. The highest BCUT2D eigenvalue weighted by atomic mass is 16.3. The lowest BCUT2D eigenvalue weighted by atomic mass is 9.91. The molecule has 0 fully saturated rings. The maximum Gasteiger partial charge on any atom is 0.227 e. The molecule has 1 aromatic heterocycles. The van der Waals surface area contributed by atoms with Gasteiger partial charge in [-0.2, -0.15) is 5.10 Å². The van der Waals surface area contributed by atoms with Crippen LogP contribution in [0.5, 0.6) is 5.75 Å². The van der Waals surface area contributed by atoms with Crippen LogP contribution in [0.1, 0.15) is 48.2 Å². The molecule has 3 rings (SSSR count). The van der Waals surface area contributed by atoms with Gasteiger partial charge < -0.3 is 15.5 Å². The second-order valence-corrected chi connectivity index (χ2v) is 7.75. The molecule has 1 unspecified atom stereocenters. The summed E-state index contributed by atoms with van der Waals surface area (Å²) in [6.45, 7) is 5.90. The number of phenols is 1. The summed E-state index contributed by atoms with van der Waals surface area (Å²) in [4.78, 5) is 24.2. The molecular weight excluding hydrogens is 406 g/mol. The number of carbonyl (C=O) groups excluding carboxylic acids is 2. The monoisotopic (exact) mass is 431 g/mol. The Kier molecular flexibility index (Phi) is 7.00. The van der Waals surface area contributed by atoms with E-state index in [-0.39, 0.29) is 23.4 Å². The fourth-order valence-electron chi connectivity index (χ4n) is 3.25. The number of Topliss-reactive ketones (excluding diaryl/α,β-unsaturated/α-hetero) is 1. The van der Waals surface area contributed by atoms with Crippen molar-refractivity contribution < 1.29 is 19.8 Å². The largest absolute Gasteiger partial charge is 0.508 e. The zero-order valence-electron chi connectivity index (χ0n) is 18.1. The van der Waals surface area contributed by atoms with Crippen LogP contribution in [-0.4, -0.2) is 32.5 Å². The van der Waals surface area contributed by atoms with Crippen molar-refractivity contribution in [1.82, 2.24) is 10.2 Å². The van der Waals surface area contributed by atoms with E-state index in [1.54, 1.807) is 43.3 Å². The van der Waals surface area contributed by atoms with Crippen molar-refractivity contribution in [3.8, 4) is 5.75 Å². The van der Waals surface area contributed by atoms with E-state index >= 15 is 0 Å². The number of anilines is 1. The number of carbonyl (C=O) groups is 2. The number of aromatic hydroxyl groups is 1. The first-order valence-electron chi connectivity index (χ1n) is 10.2. The number of aryl methyl sites for hydroxylation is 1. The summed E-state index contributed by atoms with van der Waals surface area (Å²) in [6, 6.07) is 15.8. The number of hydrogen-bond acceptors (Lipinski definition) is 7. The molecule has 32 heavy (non-hydrogen) atoms. The minimum atomic E-state index is -0.921. The van der Waals surface area contributed by atoms with Gasteiger partial charge in [0.05, 0.1) is 17.3 Å².